The number of aromatic nitrogens is 1. The summed E-state index contributed by atoms with van der Waals surface area (Å²) >= 11 is 1.61. The Bertz CT molecular complexity index is 654. The molecule has 116 valence electrons. The van der Waals surface area contributed by atoms with Crippen LogP contribution < -0.4 is 0 Å². The molecular formula is C17H20N2O2S. The summed E-state index contributed by atoms with van der Waals surface area (Å²) in [6.45, 7) is 3.26. The predicted octanol–water partition coefficient (Wildman–Crippen LogP) is 3.75. The molecular weight excluding hydrogens is 296 g/mol. The molecule has 0 radical (unpaired) electrons. The maximum absolute atomic E-state index is 12.3. The van der Waals surface area contributed by atoms with E-state index >= 15 is 0 Å². The first kappa shape index (κ1) is 15.2. The van der Waals surface area contributed by atoms with Crippen molar-refractivity contribution in [2.45, 2.75) is 25.8 Å². The number of ether oxygens (including phenoxy) is 1. The van der Waals surface area contributed by atoms with E-state index in [-0.39, 0.29) is 5.97 Å². The Hall–Kier alpha value is -1.72. The van der Waals surface area contributed by atoms with E-state index in [9.17, 15) is 4.79 Å². The smallest absolute Gasteiger partial charge is 0.358 e. The lowest BCUT2D eigenvalue weighted by Crippen LogP contribution is -2.17. The number of hydrogen-bond acceptors (Lipinski definition) is 5. The molecule has 1 aromatic carbocycles. The van der Waals surface area contributed by atoms with Crippen LogP contribution >= 0.6 is 11.3 Å². The first-order valence-corrected chi connectivity index (χ1v) is 8.46. The zero-order valence-electron chi connectivity index (χ0n) is 12.9. The molecule has 0 saturated carbocycles. The lowest BCUT2D eigenvalue weighted by atomic mass is 10.1. The Morgan fingerprint density at radius 2 is 2.18 bits per heavy atom. The molecule has 0 aliphatic carbocycles. The highest BCUT2D eigenvalue weighted by atomic mass is 32.1. The number of nitrogens with zero attached hydrogens (tertiary/aromatic N) is 2. The van der Waals surface area contributed by atoms with Crippen LogP contribution in [0.15, 0.2) is 30.3 Å². The van der Waals surface area contributed by atoms with Crippen molar-refractivity contribution < 1.29 is 9.53 Å². The van der Waals surface area contributed by atoms with Crippen LogP contribution in [-0.2, 0) is 4.74 Å². The van der Waals surface area contributed by atoms with Crippen molar-refractivity contribution in [3.05, 3.63) is 41.0 Å². The van der Waals surface area contributed by atoms with Gasteiger partial charge in [-0.1, -0.05) is 30.3 Å². The third kappa shape index (κ3) is 2.91. The second-order valence-corrected chi connectivity index (χ2v) is 6.49. The molecule has 4 nitrogen and oxygen atoms in total. The second kappa shape index (κ2) is 6.58. The molecule has 1 unspecified atom stereocenters. The largest absolute Gasteiger partial charge is 0.461 e. The highest BCUT2D eigenvalue weighted by Crippen LogP contribution is 2.38. The fourth-order valence-electron chi connectivity index (χ4n) is 2.82. The Balaban J connectivity index is 2.02. The van der Waals surface area contributed by atoms with Gasteiger partial charge in [-0.25, -0.2) is 9.78 Å². The molecule has 22 heavy (non-hydrogen) atoms. The van der Waals surface area contributed by atoms with Crippen molar-refractivity contribution in [1.82, 2.24) is 9.88 Å². The molecule has 2 aromatic rings. The van der Waals surface area contributed by atoms with Gasteiger partial charge in [0.2, 0.25) is 0 Å². The molecule has 1 aromatic heterocycles. The Morgan fingerprint density at radius 1 is 1.41 bits per heavy atom. The number of hydrogen-bond donors (Lipinski definition) is 0. The minimum Gasteiger partial charge on any atom is -0.461 e. The summed E-state index contributed by atoms with van der Waals surface area (Å²) in [6.07, 6.45) is 2.27. The van der Waals surface area contributed by atoms with Gasteiger partial charge in [-0.2, -0.15) is 0 Å². The number of esters is 1. The van der Waals surface area contributed by atoms with Gasteiger partial charge in [0.15, 0.2) is 5.69 Å². The summed E-state index contributed by atoms with van der Waals surface area (Å²) in [7, 11) is 2.12. The molecule has 0 N–H and O–H groups in total. The summed E-state index contributed by atoms with van der Waals surface area (Å²) < 4.78 is 5.18. The van der Waals surface area contributed by atoms with Gasteiger partial charge in [0.05, 0.1) is 17.5 Å². The van der Waals surface area contributed by atoms with Crippen molar-refractivity contribution in [3.63, 3.8) is 0 Å². The van der Waals surface area contributed by atoms with Crippen molar-refractivity contribution in [3.8, 4) is 10.4 Å². The summed E-state index contributed by atoms with van der Waals surface area (Å²) in [5.74, 6) is -0.329. The molecule has 5 heteroatoms. The molecule has 1 fully saturated rings. The van der Waals surface area contributed by atoms with Gasteiger partial charge in [0.1, 0.15) is 5.01 Å². The van der Waals surface area contributed by atoms with Crippen molar-refractivity contribution >= 4 is 17.3 Å². The molecule has 1 aliphatic rings. The van der Waals surface area contributed by atoms with Crippen LogP contribution in [0.3, 0.4) is 0 Å². The topological polar surface area (TPSA) is 42.4 Å². The average Bonchev–Trinajstić information content (AvgIpc) is 3.14. The van der Waals surface area contributed by atoms with Crippen LogP contribution in [0.25, 0.3) is 10.4 Å². The van der Waals surface area contributed by atoms with E-state index in [1.807, 2.05) is 37.3 Å². The molecule has 1 atom stereocenters. The minimum atomic E-state index is -0.329. The Labute approximate surface area is 134 Å². The third-order valence-corrected chi connectivity index (χ3v) is 5.16. The van der Waals surface area contributed by atoms with E-state index in [4.69, 9.17) is 4.74 Å². The SMILES string of the molecule is CCOC(=O)c1nc(C2CCCN2C)sc1-c1ccccc1. The highest BCUT2D eigenvalue weighted by Gasteiger charge is 2.29. The van der Waals surface area contributed by atoms with Crippen LogP contribution in [0.4, 0.5) is 0 Å². The van der Waals surface area contributed by atoms with E-state index < -0.39 is 0 Å². The maximum Gasteiger partial charge on any atom is 0.358 e. The summed E-state index contributed by atoms with van der Waals surface area (Å²) in [5, 5.41) is 1.02. The molecule has 0 spiro atoms. The Kier molecular flexibility index (Phi) is 4.55. The minimum absolute atomic E-state index is 0.315. The van der Waals surface area contributed by atoms with Gasteiger partial charge in [-0.05, 0) is 38.9 Å². The number of likely N-dealkylation sites (tertiary alicyclic amines) is 1. The Morgan fingerprint density at radius 3 is 2.82 bits per heavy atom. The summed E-state index contributed by atoms with van der Waals surface area (Å²) in [6, 6.07) is 10.3. The molecule has 3 rings (SSSR count). The van der Waals surface area contributed by atoms with Gasteiger partial charge in [0, 0.05) is 0 Å². The van der Waals surface area contributed by atoms with Crippen LogP contribution in [0.5, 0.6) is 0 Å². The van der Waals surface area contributed by atoms with Gasteiger partial charge >= 0.3 is 5.97 Å². The molecule has 0 amide bonds. The average molecular weight is 316 g/mol. The first-order chi connectivity index (χ1) is 10.7. The lowest BCUT2D eigenvalue weighted by Gasteiger charge is -2.16. The quantitative estimate of drug-likeness (QED) is 0.806. The monoisotopic (exact) mass is 316 g/mol. The number of carbonyl (C=O) groups is 1. The zero-order valence-corrected chi connectivity index (χ0v) is 13.7. The predicted molar refractivity (Wildman–Crippen MR) is 88.1 cm³/mol. The number of benzene rings is 1. The van der Waals surface area contributed by atoms with E-state index in [1.54, 1.807) is 11.3 Å². The summed E-state index contributed by atoms with van der Waals surface area (Å²) in [4.78, 5) is 20.1. The van der Waals surface area contributed by atoms with Crippen LogP contribution in [0.2, 0.25) is 0 Å². The van der Waals surface area contributed by atoms with E-state index in [0.717, 1.165) is 28.4 Å². The maximum atomic E-state index is 12.3. The molecule has 0 bridgehead atoms. The van der Waals surface area contributed by atoms with Crippen molar-refractivity contribution in [2.24, 2.45) is 0 Å². The number of rotatable bonds is 4. The van der Waals surface area contributed by atoms with Crippen LogP contribution in [0.1, 0.15) is 41.3 Å². The van der Waals surface area contributed by atoms with Crippen molar-refractivity contribution in [2.75, 3.05) is 20.2 Å². The highest BCUT2D eigenvalue weighted by molar-refractivity contribution is 7.15. The second-order valence-electron chi connectivity index (χ2n) is 5.45. The fourth-order valence-corrected chi connectivity index (χ4v) is 4.08. The number of thiazole rings is 1. The fraction of sp³-hybridized carbons (Fsp3) is 0.412. The van der Waals surface area contributed by atoms with Crippen LogP contribution in [0, 0.1) is 0 Å². The molecule has 2 heterocycles. The van der Waals surface area contributed by atoms with Crippen LogP contribution in [-0.4, -0.2) is 36.1 Å². The normalized spacial score (nSPS) is 18.5. The van der Waals surface area contributed by atoms with Gasteiger partial charge in [0.25, 0.3) is 0 Å². The zero-order chi connectivity index (χ0) is 15.5. The first-order valence-electron chi connectivity index (χ1n) is 7.64. The van der Waals surface area contributed by atoms with Gasteiger partial charge in [-0.15, -0.1) is 11.3 Å². The molecule has 1 saturated heterocycles. The van der Waals surface area contributed by atoms with E-state index in [2.05, 4.69) is 16.9 Å². The third-order valence-electron chi connectivity index (χ3n) is 3.95. The number of carbonyl (C=O) groups excluding carboxylic acids is 1. The van der Waals surface area contributed by atoms with E-state index in [0.29, 0.717) is 18.3 Å². The molecule has 1 aliphatic heterocycles. The summed E-state index contributed by atoms with van der Waals surface area (Å²) in [5.41, 5.74) is 1.48. The van der Waals surface area contributed by atoms with E-state index in [1.165, 1.54) is 6.42 Å². The van der Waals surface area contributed by atoms with Crippen molar-refractivity contribution in [1.29, 1.82) is 0 Å². The van der Waals surface area contributed by atoms with Gasteiger partial charge in [-0.3, -0.25) is 4.90 Å². The standard InChI is InChI=1S/C17H20N2O2S/c1-3-21-17(20)14-15(12-8-5-4-6-9-12)22-16(18-14)13-10-7-11-19(13)2/h4-6,8-9,13H,3,7,10-11H2,1-2H3. The lowest BCUT2D eigenvalue weighted by molar-refractivity contribution is 0.0521. The van der Waals surface area contributed by atoms with Gasteiger partial charge < -0.3 is 4.74 Å².